The van der Waals surface area contributed by atoms with Gasteiger partial charge in [-0.05, 0) is 37.0 Å². The quantitative estimate of drug-likeness (QED) is 0.866. The van der Waals surface area contributed by atoms with Crippen molar-refractivity contribution in [3.63, 3.8) is 0 Å². The predicted molar refractivity (Wildman–Crippen MR) is 94.0 cm³/mol. The molecule has 5 heteroatoms. The maximum atomic E-state index is 12.5. The summed E-state index contributed by atoms with van der Waals surface area (Å²) in [5.74, 6) is 0.226. The first-order valence-corrected chi connectivity index (χ1v) is 9.06. The smallest absolute Gasteiger partial charge is 0.238 e. The third kappa shape index (κ3) is 4.15. The van der Waals surface area contributed by atoms with E-state index >= 15 is 0 Å². The van der Waals surface area contributed by atoms with E-state index in [-0.39, 0.29) is 24.0 Å². The molecule has 1 heterocycles. The molecule has 0 bridgehead atoms. The van der Waals surface area contributed by atoms with Gasteiger partial charge in [-0.25, -0.2) is 0 Å². The van der Waals surface area contributed by atoms with E-state index in [4.69, 9.17) is 4.74 Å². The highest BCUT2D eigenvalue weighted by Gasteiger charge is 2.38. The van der Waals surface area contributed by atoms with Crippen LogP contribution in [-0.2, 0) is 16.0 Å². The lowest BCUT2D eigenvalue weighted by Crippen LogP contribution is -2.53. The molecular weight excluding hydrogens is 304 g/mol. The number of carbonyl (C=O) groups is 1. The van der Waals surface area contributed by atoms with Crippen LogP contribution in [0.4, 0.5) is 5.69 Å². The molecule has 1 saturated heterocycles. The van der Waals surface area contributed by atoms with Gasteiger partial charge in [0.15, 0.2) is 0 Å². The normalized spacial score (nSPS) is 28.0. The highest BCUT2D eigenvalue weighted by atomic mass is 16.5. The Kier molecular flexibility index (Phi) is 5.87. The zero-order valence-electron chi connectivity index (χ0n) is 14.4. The van der Waals surface area contributed by atoms with Crippen LogP contribution in [0.25, 0.3) is 0 Å². The molecule has 3 rings (SSSR count). The number of hydrogen-bond acceptors (Lipinski definition) is 4. The summed E-state index contributed by atoms with van der Waals surface area (Å²) in [6, 6.07) is 8.13. The zero-order valence-corrected chi connectivity index (χ0v) is 14.4. The summed E-state index contributed by atoms with van der Waals surface area (Å²) in [6.07, 6.45) is 3.64. The fraction of sp³-hybridized carbons (Fsp3) is 0.632. The van der Waals surface area contributed by atoms with Crippen LogP contribution in [0.3, 0.4) is 0 Å². The van der Waals surface area contributed by atoms with Crippen molar-refractivity contribution in [2.75, 3.05) is 31.6 Å². The van der Waals surface area contributed by atoms with Crippen LogP contribution < -0.4 is 5.32 Å². The van der Waals surface area contributed by atoms with E-state index < -0.39 is 0 Å². The topological polar surface area (TPSA) is 61.8 Å². The molecule has 1 aliphatic heterocycles. The van der Waals surface area contributed by atoms with Gasteiger partial charge in [-0.1, -0.05) is 25.5 Å². The van der Waals surface area contributed by atoms with E-state index in [0.29, 0.717) is 19.8 Å². The van der Waals surface area contributed by atoms with Gasteiger partial charge in [0.25, 0.3) is 0 Å². The van der Waals surface area contributed by atoms with Crippen molar-refractivity contribution in [2.24, 2.45) is 5.92 Å². The van der Waals surface area contributed by atoms with Crippen LogP contribution >= 0.6 is 0 Å². The predicted octanol–water partition coefficient (Wildman–Crippen LogP) is 2.05. The lowest BCUT2D eigenvalue weighted by Gasteiger charge is -2.39. The number of morpholine rings is 1. The second kappa shape index (κ2) is 8.10. The minimum atomic E-state index is -0.261. The Bertz CT molecular complexity index is 563. The van der Waals surface area contributed by atoms with Crippen LogP contribution in [0.1, 0.15) is 31.7 Å². The summed E-state index contributed by atoms with van der Waals surface area (Å²) < 4.78 is 5.62. The first kappa shape index (κ1) is 17.4. The van der Waals surface area contributed by atoms with Crippen molar-refractivity contribution >= 4 is 11.6 Å². The Morgan fingerprint density at radius 3 is 3.04 bits per heavy atom. The molecule has 2 aliphatic rings. The Labute approximate surface area is 144 Å². The lowest BCUT2D eigenvalue weighted by molar-refractivity contribution is -0.121. The Balaban J connectivity index is 1.61. The third-order valence-corrected chi connectivity index (χ3v) is 5.27. The molecule has 1 amide bonds. The van der Waals surface area contributed by atoms with Gasteiger partial charge >= 0.3 is 0 Å². The highest BCUT2D eigenvalue weighted by molar-refractivity contribution is 5.92. The molecule has 132 valence electrons. The van der Waals surface area contributed by atoms with Gasteiger partial charge in [0, 0.05) is 24.2 Å². The van der Waals surface area contributed by atoms with Gasteiger partial charge in [0.2, 0.25) is 5.91 Å². The SMILES string of the molecule is CCc1cccc(NC(=O)CN2CCOCC2C2CCCC2O)c1. The molecule has 2 N–H and O–H groups in total. The third-order valence-electron chi connectivity index (χ3n) is 5.27. The maximum Gasteiger partial charge on any atom is 0.238 e. The number of rotatable bonds is 5. The van der Waals surface area contributed by atoms with E-state index in [1.807, 2.05) is 18.2 Å². The number of benzene rings is 1. The van der Waals surface area contributed by atoms with Crippen molar-refractivity contribution < 1.29 is 14.6 Å². The Morgan fingerprint density at radius 2 is 2.29 bits per heavy atom. The molecule has 2 fully saturated rings. The second-order valence-corrected chi connectivity index (χ2v) is 6.88. The first-order valence-electron chi connectivity index (χ1n) is 9.06. The van der Waals surface area contributed by atoms with E-state index in [2.05, 4.69) is 23.2 Å². The molecule has 1 aliphatic carbocycles. The molecule has 1 aromatic carbocycles. The molecule has 0 radical (unpaired) electrons. The number of aliphatic hydroxyl groups excluding tert-OH is 1. The van der Waals surface area contributed by atoms with Crippen molar-refractivity contribution in [1.29, 1.82) is 0 Å². The van der Waals surface area contributed by atoms with Gasteiger partial charge in [-0.2, -0.15) is 0 Å². The van der Waals surface area contributed by atoms with Crippen molar-refractivity contribution in [1.82, 2.24) is 4.90 Å². The molecule has 3 atom stereocenters. The van der Waals surface area contributed by atoms with Gasteiger partial charge in [0.05, 0.1) is 25.9 Å². The van der Waals surface area contributed by atoms with Crippen molar-refractivity contribution in [3.8, 4) is 0 Å². The van der Waals surface area contributed by atoms with E-state index in [1.165, 1.54) is 5.56 Å². The number of nitrogens with zero attached hydrogens (tertiary/aromatic N) is 1. The number of carbonyl (C=O) groups excluding carboxylic acids is 1. The Hall–Kier alpha value is -1.43. The molecule has 3 unspecified atom stereocenters. The van der Waals surface area contributed by atoms with Crippen molar-refractivity contribution in [2.45, 2.75) is 44.8 Å². The molecule has 1 saturated carbocycles. The number of ether oxygens (including phenoxy) is 1. The standard InChI is InChI=1S/C19H28N2O3/c1-2-14-5-3-6-15(11-14)20-19(23)12-21-9-10-24-13-17(21)16-7-4-8-18(16)22/h3,5-6,11,16-18,22H,2,4,7-10,12-13H2,1H3,(H,20,23). The van der Waals surface area contributed by atoms with Gasteiger partial charge < -0.3 is 15.2 Å². The summed E-state index contributed by atoms with van der Waals surface area (Å²) in [5, 5.41) is 13.2. The maximum absolute atomic E-state index is 12.5. The van der Waals surface area contributed by atoms with Crippen LogP contribution in [0, 0.1) is 5.92 Å². The van der Waals surface area contributed by atoms with E-state index in [0.717, 1.165) is 37.9 Å². The van der Waals surface area contributed by atoms with Crippen LogP contribution in [0.5, 0.6) is 0 Å². The minimum absolute atomic E-state index is 0.00244. The Morgan fingerprint density at radius 1 is 1.42 bits per heavy atom. The summed E-state index contributed by atoms with van der Waals surface area (Å²) in [5.41, 5.74) is 2.07. The minimum Gasteiger partial charge on any atom is -0.393 e. The summed E-state index contributed by atoms with van der Waals surface area (Å²) in [6.45, 7) is 4.47. The molecule has 1 aromatic rings. The largest absolute Gasteiger partial charge is 0.393 e. The first-order chi connectivity index (χ1) is 11.7. The fourth-order valence-electron chi connectivity index (χ4n) is 3.92. The van der Waals surface area contributed by atoms with Gasteiger partial charge in [0.1, 0.15) is 0 Å². The number of hydrogen-bond donors (Lipinski definition) is 2. The average Bonchev–Trinajstić information content (AvgIpc) is 3.01. The molecular formula is C19H28N2O3. The van der Waals surface area contributed by atoms with Gasteiger partial charge in [-0.15, -0.1) is 0 Å². The number of aryl methyl sites for hydroxylation is 1. The molecule has 0 spiro atoms. The monoisotopic (exact) mass is 332 g/mol. The number of amides is 1. The van der Waals surface area contributed by atoms with E-state index in [1.54, 1.807) is 0 Å². The summed E-state index contributed by atoms with van der Waals surface area (Å²) >= 11 is 0. The highest BCUT2D eigenvalue weighted by Crippen LogP contribution is 2.32. The molecule has 0 aromatic heterocycles. The van der Waals surface area contributed by atoms with Crippen LogP contribution in [-0.4, -0.2) is 54.4 Å². The second-order valence-electron chi connectivity index (χ2n) is 6.88. The van der Waals surface area contributed by atoms with Crippen LogP contribution in [0.15, 0.2) is 24.3 Å². The summed E-state index contributed by atoms with van der Waals surface area (Å²) in [4.78, 5) is 14.6. The average molecular weight is 332 g/mol. The van der Waals surface area contributed by atoms with E-state index in [9.17, 15) is 9.90 Å². The number of nitrogens with one attached hydrogen (secondary N) is 1. The van der Waals surface area contributed by atoms with Gasteiger partial charge in [-0.3, -0.25) is 9.69 Å². The fourth-order valence-corrected chi connectivity index (χ4v) is 3.92. The summed E-state index contributed by atoms with van der Waals surface area (Å²) in [7, 11) is 0. The van der Waals surface area contributed by atoms with Crippen molar-refractivity contribution in [3.05, 3.63) is 29.8 Å². The number of aliphatic hydroxyl groups is 1. The number of anilines is 1. The van der Waals surface area contributed by atoms with Crippen LogP contribution in [0.2, 0.25) is 0 Å². The molecule has 5 nitrogen and oxygen atoms in total. The molecule has 24 heavy (non-hydrogen) atoms. The zero-order chi connectivity index (χ0) is 16.9. The lowest BCUT2D eigenvalue weighted by atomic mass is 9.94.